The van der Waals surface area contributed by atoms with Crippen LogP contribution in [0.4, 0.5) is 5.69 Å². The van der Waals surface area contributed by atoms with Crippen LogP contribution in [0, 0.1) is 0 Å². The van der Waals surface area contributed by atoms with E-state index in [-0.39, 0.29) is 23.8 Å². The minimum absolute atomic E-state index is 0.0648. The van der Waals surface area contributed by atoms with Gasteiger partial charge in [0.05, 0.1) is 22.1 Å². The molecule has 2 fully saturated rings. The number of carbonyl (C=O) groups excluding carboxylic acids is 2. The first-order chi connectivity index (χ1) is 16.2. The number of hydrogen-bond acceptors (Lipinski definition) is 6. The standard InChI is InChI=1S/C25H23N5O4/c1-23(2)22(33)30-16-11-7-5-9-14(16)25(21(30)28-23)12-17-18(31)27-24(3,34-25)20-26-15-10-6-4-8-13(15)19(32)29(17)20/h4-11,17,21,28H,12H2,1-3H3,(H,27,31)/t17-,21+,24-,25-/m0/s1. The van der Waals surface area contributed by atoms with Gasteiger partial charge >= 0.3 is 0 Å². The van der Waals surface area contributed by atoms with Crippen LogP contribution in [0.15, 0.2) is 53.3 Å². The van der Waals surface area contributed by atoms with Crippen LogP contribution in [-0.2, 0) is 25.7 Å². The summed E-state index contributed by atoms with van der Waals surface area (Å²) in [5.74, 6) is -0.00670. The predicted molar refractivity (Wildman–Crippen MR) is 123 cm³/mol. The smallest absolute Gasteiger partial charge is 0.262 e. The van der Waals surface area contributed by atoms with E-state index in [1.54, 1.807) is 30.0 Å². The van der Waals surface area contributed by atoms with Gasteiger partial charge in [0.1, 0.15) is 17.8 Å². The summed E-state index contributed by atoms with van der Waals surface area (Å²) >= 11 is 0. The number of anilines is 1. The van der Waals surface area contributed by atoms with E-state index in [1.807, 2.05) is 44.2 Å². The number of carbonyl (C=O) groups is 2. The minimum atomic E-state index is -1.38. The SMILES string of the molecule is CC1(C)N[C@@H]2N(C1=O)c1ccccc1[C@@]21C[C@H]2C(=O)N[C@@](C)(O1)c1nc3ccccc3c(=O)n12. The van der Waals surface area contributed by atoms with E-state index in [1.165, 1.54) is 4.57 Å². The molecular formula is C25H23N5O4. The van der Waals surface area contributed by atoms with E-state index in [9.17, 15) is 14.4 Å². The number of ether oxygens (including phenoxy) is 1. The zero-order chi connectivity index (χ0) is 23.6. The van der Waals surface area contributed by atoms with E-state index in [0.29, 0.717) is 16.7 Å². The van der Waals surface area contributed by atoms with Crippen LogP contribution in [0.1, 0.15) is 44.6 Å². The average molecular weight is 457 g/mol. The normalized spacial score (nSPS) is 32.5. The van der Waals surface area contributed by atoms with Gasteiger partial charge in [0.2, 0.25) is 11.8 Å². The number of fused-ring (bicyclic) bond motifs is 5. The lowest BCUT2D eigenvalue weighted by Crippen LogP contribution is -2.57. The molecule has 34 heavy (non-hydrogen) atoms. The summed E-state index contributed by atoms with van der Waals surface area (Å²) in [7, 11) is 0. The molecule has 0 radical (unpaired) electrons. The van der Waals surface area contributed by atoms with Crippen molar-refractivity contribution in [3.05, 3.63) is 70.3 Å². The molecule has 9 heteroatoms. The van der Waals surface area contributed by atoms with Crippen molar-refractivity contribution >= 4 is 28.4 Å². The highest BCUT2D eigenvalue weighted by molar-refractivity contribution is 6.05. The zero-order valence-electron chi connectivity index (χ0n) is 19.0. The highest BCUT2D eigenvalue weighted by Crippen LogP contribution is 2.57. The molecule has 5 aliphatic rings. The number of benzene rings is 2. The molecule has 2 amide bonds. The second-order valence-corrected chi connectivity index (χ2v) is 10.2. The second kappa shape index (κ2) is 5.92. The van der Waals surface area contributed by atoms with Crippen molar-refractivity contribution in [2.24, 2.45) is 0 Å². The number of nitrogens with one attached hydrogen (secondary N) is 2. The Labute approximate surface area is 194 Å². The predicted octanol–water partition coefficient (Wildman–Crippen LogP) is 1.61. The van der Waals surface area contributed by atoms with Crippen molar-refractivity contribution in [3.8, 4) is 0 Å². The summed E-state index contributed by atoms with van der Waals surface area (Å²) < 4.78 is 8.40. The summed E-state index contributed by atoms with van der Waals surface area (Å²) in [4.78, 5) is 47.0. The van der Waals surface area contributed by atoms with Gasteiger partial charge in [0.15, 0.2) is 11.5 Å². The highest BCUT2D eigenvalue weighted by Gasteiger charge is 2.67. The molecule has 2 aromatic carbocycles. The van der Waals surface area contributed by atoms with Crippen LogP contribution in [-0.4, -0.2) is 33.1 Å². The number of para-hydroxylation sites is 2. The van der Waals surface area contributed by atoms with Gasteiger partial charge in [0, 0.05) is 12.0 Å². The van der Waals surface area contributed by atoms with E-state index in [2.05, 4.69) is 10.6 Å². The van der Waals surface area contributed by atoms with Gasteiger partial charge in [-0.1, -0.05) is 30.3 Å². The van der Waals surface area contributed by atoms with Crippen LogP contribution in [0.5, 0.6) is 0 Å². The van der Waals surface area contributed by atoms with Crippen LogP contribution >= 0.6 is 0 Å². The second-order valence-electron chi connectivity index (χ2n) is 10.2. The van der Waals surface area contributed by atoms with Gasteiger partial charge in [-0.05, 0) is 39.0 Å². The van der Waals surface area contributed by atoms with Gasteiger partial charge in [0.25, 0.3) is 5.56 Å². The molecule has 2 bridgehead atoms. The Hall–Kier alpha value is -3.56. The lowest BCUT2D eigenvalue weighted by atomic mass is 9.85. The molecule has 0 aliphatic carbocycles. The Morgan fingerprint density at radius 1 is 1.03 bits per heavy atom. The third-order valence-electron chi connectivity index (χ3n) is 7.66. The molecule has 1 spiro atoms. The minimum Gasteiger partial charge on any atom is -0.334 e. The molecule has 0 saturated carbocycles. The van der Waals surface area contributed by atoms with Crippen LogP contribution in [0.2, 0.25) is 0 Å². The molecule has 4 atom stereocenters. The summed E-state index contributed by atoms with van der Waals surface area (Å²) in [5, 5.41) is 6.89. The maximum Gasteiger partial charge on any atom is 0.262 e. The molecule has 172 valence electrons. The fourth-order valence-corrected chi connectivity index (χ4v) is 6.19. The molecule has 2 saturated heterocycles. The molecule has 3 aromatic rings. The third kappa shape index (κ3) is 2.17. The lowest BCUT2D eigenvalue weighted by molar-refractivity contribution is -0.181. The number of hydrogen-bond donors (Lipinski definition) is 2. The Kier molecular flexibility index (Phi) is 3.46. The van der Waals surface area contributed by atoms with Crippen molar-refractivity contribution in [3.63, 3.8) is 0 Å². The monoisotopic (exact) mass is 457 g/mol. The van der Waals surface area contributed by atoms with Gasteiger partial charge < -0.3 is 10.1 Å². The highest BCUT2D eigenvalue weighted by atomic mass is 16.5. The maximum absolute atomic E-state index is 13.6. The van der Waals surface area contributed by atoms with Gasteiger partial charge in [-0.25, -0.2) is 4.98 Å². The first-order valence-electron chi connectivity index (χ1n) is 11.4. The quantitative estimate of drug-likeness (QED) is 0.532. The molecule has 9 nitrogen and oxygen atoms in total. The van der Waals surface area contributed by atoms with Gasteiger partial charge in [-0.2, -0.15) is 0 Å². The Morgan fingerprint density at radius 3 is 2.59 bits per heavy atom. The molecular weight excluding hydrogens is 434 g/mol. The first kappa shape index (κ1) is 19.9. The van der Waals surface area contributed by atoms with Crippen LogP contribution in [0.3, 0.4) is 0 Å². The molecule has 2 N–H and O–H groups in total. The van der Waals surface area contributed by atoms with E-state index >= 15 is 0 Å². The Morgan fingerprint density at radius 2 is 1.76 bits per heavy atom. The van der Waals surface area contributed by atoms with Crippen molar-refractivity contribution in [2.75, 3.05) is 4.90 Å². The van der Waals surface area contributed by atoms with Gasteiger partial charge in [-0.3, -0.25) is 29.2 Å². The van der Waals surface area contributed by atoms with E-state index < -0.39 is 29.1 Å². The molecule has 1 aromatic heterocycles. The lowest BCUT2D eigenvalue weighted by Gasteiger charge is -2.40. The van der Waals surface area contributed by atoms with Crippen molar-refractivity contribution < 1.29 is 14.3 Å². The van der Waals surface area contributed by atoms with Crippen LogP contribution in [0.25, 0.3) is 10.9 Å². The molecule has 5 aliphatic heterocycles. The number of amides is 2. The number of nitrogens with zero attached hydrogens (tertiary/aromatic N) is 3. The average Bonchev–Trinajstić information content (AvgIpc) is 3.08. The summed E-state index contributed by atoms with van der Waals surface area (Å²) in [5.41, 5.74) is -1.43. The largest absolute Gasteiger partial charge is 0.334 e. The van der Waals surface area contributed by atoms with Crippen molar-refractivity contribution in [1.29, 1.82) is 0 Å². The third-order valence-corrected chi connectivity index (χ3v) is 7.66. The van der Waals surface area contributed by atoms with E-state index in [0.717, 1.165) is 11.3 Å². The van der Waals surface area contributed by atoms with Gasteiger partial charge in [-0.15, -0.1) is 0 Å². The van der Waals surface area contributed by atoms with Crippen LogP contribution < -0.4 is 21.1 Å². The van der Waals surface area contributed by atoms with Crippen molar-refractivity contribution in [1.82, 2.24) is 20.2 Å². The summed E-state index contributed by atoms with van der Waals surface area (Å²) in [6, 6.07) is 13.9. The van der Waals surface area contributed by atoms with E-state index in [4.69, 9.17) is 9.72 Å². The molecule has 8 rings (SSSR count). The summed E-state index contributed by atoms with van der Waals surface area (Å²) in [6.45, 7) is 5.41. The molecule has 0 unspecified atom stereocenters. The van der Waals surface area contributed by atoms with Crippen molar-refractivity contribution in [2.45, 2.75) is 56.3 Å². The Balaban J connectivity index is 1.52. The first-order valence-corrected chi connectivity index (χ1v) is 11.4. The Bertz CT molecular complexity index is 1510. The molecule has 6 heterocycles. The topological polar surface area (TPSA) is 106 Å². The zero-order valence-corrected chi connectivity index (χ0v) is 19.0. The maximum atomic E-state index is 13.6. The fourth-order valence-electron chi connectivity index (χ4n) is 6.19. The number of rotatable bonds is 0. The summed E-state index contributed by atoms with van der Waals surface area (Å²) in [6.07, 6.45) is -0.364. The number of aromatic nitrogens is 2. The fraction of sp³-hybridized carbons (Fsp3) is 0.360.